The van der Waals surface area contributed by atoms with Gasteiger partial charge in [0.1, 0.15) is 12.1 Å². The fourth-order valence-corrected chi connectivity index (χ4v) is 7.92. The van der Waals surface area contributed by atoms with Crippen LogP contribution in [0.4, 0.5) is 5.69 Å². The van der Waals surface area contributed by atoms with Crippen molar-refractivity contribution in [3.63, 3.8) is 0 Å². The van der Waals surface area contributed by atoms with Gasteiger partial charge in [-0.15, -0.1) is 0 Å². The zero-order valence-corrected chi connectivity index (χ0v) is 26.8. The lowest BCUT2D eigenvalue weighted by molar-refractivity contribution is -0.183. The Morgan fingerprint density at radius 2 is 1.88 bits per heavy atom. The van der Waals surface area contributed by atoms with Gasteiger partial charge in [-0.1, -0.05) is 51.1 Å². The van der Waals surface area contributed by atoms with E-state index in [1.54, 1.807) is 12.0 Å². The Hall–Kier alpha value is -2.49. The predicted molar refractivity (Wildman–Crippen MR) is 171 cm³/mol. The number of aliphatic hydroxyl groups is 2. The summed E-state index contributed by atoms with van der Waals surface area (Å²) in [6.07, 6.45) is 1.86. The number of fused-ring (bicyclic) bond motifs is 2. The van der Waals surface area contributed by atoms with Crippen molar-refractivity contribution in [3.05, 3.63) is 54.1 Å². The van der Waals surface area contributed by atoms with Crippen molar-refractivity contribution >= 4 is 11.6 Å². The van der Waals surface area contributed by atoms with Crippen LogP contribution >= 0.6 is 0 Å². The minimum absolute atomic E-state index is 0.114. The molecule has 1 aliphatic heterocycles. The largest absolute Gasteiger partial charge is 0.394 e. The van der Waals surface area contributed by atoms with Gasteiger partial charge in [-0.05, 0) is 105 Å². The molecule has 3 unspecified atom stereocenters. The molecule has 3 aliphatic carbocycles. The number of benzene rings is 2. The van der Waals surface area contributed by atoms with Crippen molar-refractivity contribution in [3.8, 4) is 11.1 Å². The maximum atomic E-state index is 13.9. The van der Waals surface area contributed by atoms with E-state index in [-0.39, 0.29) is 18.6 Å². The summed E-state index contributed by atoms with van der Waals surface area (Å²) in [5, 5.41) is 29.4. The number of nitrogens with one attached hydrogen (secondary N) is 2. The molecule has 3 saturated carbocycles. The van der Waals surface area contributed by atoms with E-state index in [0.29, 0.717) is 29.7 Å². The van der Waals surface area contributed by atoms with Gasteiger partial charge in [-0.3, -0.25) is 9.63 Å². The van der Waals surface area contributed by atoms with Gasteiger partial charge in [0.05, 0.1) is 19.3 Å². The summed E-state index contributed by atoms with van der Waals surface area (Å²) in [7, 11) is 4.18. The van der Waals surface area contributed by atoms with Crippen LogP contribution in [0.3, 0.4) is 0 Å². The van der Waals surface area contributed by atoms with Crippen molar-refractivity contribution in [1.29, 1.82) is 0 Å². The topological polar surface area (TPSA) is 97.3 Å². The van der Waals surface area contributed by atoms with E-state index in [1.807, 2.05) is 12.1 Å². The molecule has 4 fully saturated rings. The van der Waals surface area contributed by atoms with Gasteiger partial charge < -0.3 is 25.7 Å². The molecule has 2 aromatic rings. The molecule has 6 rings (SSSR count). The van der Waals surface area contributed by atoms with Gasteiger partial charge in [0.2, 0.25) is 5.91 Å². The van der Waals surface area contributed by atoms with Crippen molar-refractivity contribution in [2.75, 3.05) is 39.1 Å². The molecular weight excluding hydrogens is 540 g/mol. The highest BCUT2D eigenvalue weighted by atomic mass is 16.7. The predicted octanol–water partition coefficient (Wildman–Crippen LogP) is 4.38. The Morgan fingerprint density at radius 3 is 2.51 bits per heavy atom. The summed E-state index contributed by atoms with van der Waals surface area (Å²) in [5.41, 5.74) is 4.63. The molecule has 8 heteroatoms. The highest BCUT2D eigenvalue weighted by molar-refractivity contribution is 5.83. The highest BCUT2D eigenvalue weighted by Gasteiger charge is 2.57. The fraction of sp³-hybridized carbons (Fsp3) is 0.629. The summed E-state index contributed by atoms with van der Waals surface area (Å²) in [6.45, 7) is 10.7. The standard InChI is InChI=1S/C35H52N4O4/c1-22-29-18-27(35(29,3)4)19-30(22)37-34(42)33-32(23(2)41)31(21-40)43-39(33)20-24-9-7-10-26(17-24)25-11-13-28(14-12-25)36-15-8-16-38(5)6/h7,9-14,17,22-23,27,29-33,36,40-41H,8,15-16,18-21H2,1-6H3,(H,37,42)/t22?,23?,27-,29+,30-,31?,32+,33-/m0/s1. The van der Waals surface area contributed by atoms with E-state index >= 15 is 0 Å². The van der Waals surface area contributed by atoms with Crippen molar-refractivity contribution in [1.82, 2.24) is 15.3 Å². The maximum Gasteiger partial charge on any atom is 0.240 e. The SMILES string of the molecule is CC(O)[C@@H]1C(CO)ON(Cc2cccc(-c3ccc(NCCCN(C)C)cc3)c2)[C@@H]1C(=O)N[C@H]1C[C@@H]2C[C@H](C1C)C2(C)C. The number of aliphatic hydroxyl groups excluding tert-OH is 2. The van der Waals surface area contributed by atoms with Gasteiger partial charge in [0.25, 0.3) is 0 Å². The molecule has 1 amide bonds. The van der Waals surface area contributed by atoms with Gasteiger partial charge >= 0.3 is 0 Å². The number of nitrogens with zero attached hydrogens (tertiary/aromatic N) is 2. The van der Waals surface area contributed by atoms with Gasteiger partial charge in [-0.25, -0.2) is 0 Å². The Bertz CT molecular complexity index is 1230. The Labute approximate surface area is 257 Å². The van der Waals surface area contributed by atoms with E-state index in [9.17, 15) is 15.0 Å². The van der Waals surface area contributed by atoms with Crippen LogP contribution in [0.15, 0.2) is 48.5 Å². The van der Waals surface area contributed by atoms with E-state index in [4.69, 9.17) is 4.84 Å². The number of hydrogen-bond acceptors (Lipinski definition) is 7. The number of carbonyl (C=O) groups is 1. The summed E-state index contributed by atoms with van der Waals surface area (Å²) in [4.78, 5) is 22.3. The second kappa shape index (κ2) is 13.2. The average Bonchev–Trinajstić information content (AvgIpc) is 3.35. The maximum absolute atomic E-state index is 13.9. The van der Waals surface area contributed by atoms with Crippen LogP contribution in [0.1, 0.15) is 52.5 Å². The first-order chi connectivity index (χ1) is 20.5. The third kappa shape index (κ3) is 6.79. The molecule has 1 heterocycles. The Kier molecular flexibility index (Phi) is 9.83. The van der Waals surface area contributed by atoms with Crippen molar-refractivity contribution < 1.29 is 19.8 Å². The first-order valence-electron chi connectivity index (χ1n) is 16.1. The lowest BCUT2D eigenvalue weighted by atomic mass is 9.45. The molecule has 8 atom stereocenters. The number of hydroxylamine groups is 2. The zero-order chi connectivity index (χ0) is 30.9. The molecule has 2 bridgehead atoms. The lowest BCUT2D eigenvalue weighted by Crippen LogP contribution is -2.62. The first kappa shape index (κ1) is 31.9. The Morgan fingerprint density at radius 1 is 1.14 bits per heavy atom. The average molecular weight is 593 g/mol. The smallest absolute Gasteiger partial charge is 0.240 e. The summed E-state index contributed by atoms with van der Waals surface area (Å²) >= 11 is 0. The van der Waals surface area contributed by atoms with E-state index in [2.05, 4.69) is 86.8 Å². The van der Waals surface area contributed by atoms with Crippen molar-refractivity contribution in [2.45, 2.75) is 77.8 Å². The zero-order valence-electron chi connectivity index (χ0n) is 26.8. The number of rotatable bonds is 12. The summed E-state index contributed by atoms with van der Waals surface area (Å²) < 4.78 is 0. The number of anilines is 1. The third-order valence-electron chi connectivity index (χ3n) is 10.7. The highest BCUT2D eigenvalue weighted by Crippen LogP contribution is 2.61. The van der Waals surface area contributed by atoms with Crippen LogP contribution in [-0.4, -0.2) is 84.2 Å². The molecule has 0 radical (unpaired) electrons. The van der Waals surface area contributed by atoms with E-state index < -0.39 is 24.2 Å². The number of hydrogen-bond donors (Lipinski definition) is 4. The quantitative estimate of drug-likeness (QED) is 0.272. The summed E-state index contributed by atoms with van der Waals surface area (Å²) in [5.74, 6) is 0.984. The molecule has 0 aromatic heterocycles. The number of carbonyl (C=O) groups excluding carboxylic acids is 1. The van der Waals surface area contributed by atoms with Gasteiger partial charge in [-0.2, -0.15) is 5.06 Å². The molecule has 4 N–H and O–H groups in total. The molecule has 1 saturated heterocycles. The number of amides is 1. The van der Waals surface area contributed by atoms with Gasteiger partial charge in [0.15, 0.2) is 0 Å². The van der Waals surface area contributed by atoms with Crippen LogP contribution in [0.25, 0.3) is 11.1 Å². The Balaban J connectivity index is 1.28. The minimum Gasteiger partial charge on any atom is -0.394 e. The minimum atomic E-state index is -0.810. The molecule has 2 aromatic carbocycles. The van der Waals surface area contributed by atoms with Crippen LogP contribution in [0, 0.1) is 29.1 Å². The fourth-order valence-electron chi connectivity index (χ4n) is 7.92. The first-order valence-corrected chi connectivity index (χ1v) is 16.1. The molecule has 0 spiro atoms. The van der Waals surface area contributed by atoms with Crippen LogP contribution in [0.2, 0.25) is 0 Å². The monoisotopic (exact) mass is 592 g/mol. The normalized spacial score (nSPS) is 30.6. The van der Waals surface area contributed by atoms with Crippen LogP contribution in [-0.2, 0) is 16.2 Å². The third-order valence-corrected chi connectivity index (χ3v) is 10.7. The molecule has 236 valence electrons. The van der Waals surface area contributed by atoms with E-state index in [1.165, 1.54) is 6.42 Å². The van der Waals surface area contributed by atoms with E-state index in [0.717, 1.165) is 48.3 Å². The molecule has 4 aliphatic rings. The van der Waals surface area contributed by atoms with Crippen LogP contribution in [0.5, 0.6) is 0 Å². The van der Waals surface area contributed by atoms with Crippen LogP contribution < -0.4 is 10.6 Å². The molecular formula is C35H52N4O4. The molecule has 8 nitrogen and oxygen atoms in total. The lowest BCUT2D eigenvalue weighted by Gasteiger charge is -2.62. The second-order valence-electron chi connectivity index (χ2n) is 14.1. The summed E-state index contributed by atoms with van der Waals surface area (Å²) in [6, 6.07) is 16.2. The van der Waals surface area contributed by atoms with Gasteiger partial charge in [0, 0.05) is 24.2 Å². The second-order valence-corrected chi connectivity index (χ2v) is 14.1. The van der Waals surface area contributed by atoms with Crippen molar-refractivity contribution in [2.24, 2.45) is 29.1 Å². The molecule has 43 heavy (non-hydrogen) atoms.